The van der Waals surface area contributed by atoms with E-state index in [-0.39, 0.29) is 11.7 Å². The van der Waals surface area contributed by atoms with Crippen LogP contribution in [0.25, 0.3) is 22.4 Å². The van der Waals surface area contributed by atoms with E-state index < -0.39 is 0 Å². The molecule has 3 aromatic rings. The van der Waals surface area contributed by atoms with E-state index in [1.165, 1.54) is 25.0 Å². The third-order valence-corrected chi connectivity index (χ3v) is 5.23. The molecule has 2 heterocycles. The molecule has 1 saturated carbocycles. The Hall–Kier alpha value is -3.02. The highest BCUT2D eigenvalue weighted by Crippen LogP contribution is 2.41. The van der Waals surface area contributed by atoms with Crippen molar-refractivity contribution in [1.29, 1.82) is 0 Å². The second-order valence-corrected chi connectivity index (χ2v) is 7.29. The first-order chi connectivity index (χ1) is 13.5. The molecule has 144 valence electrons. The Labute approximate surface area is 163 Å². The van der Waals surface area contributed by atoms with Crippen molar-refractivity contribution in [2.75, 3.05) is 5.32 Å². The van der Waals surface area contributed by atoms with Gasteiger partial charge in [0.2, 0.25) is 5.91 Å². The normalized spacial score (nSPS) is 14.7. The fourth-order valence-electron chi connectivity index (χ4n) is 3.32. The first kappa shape index (κ1) is 18.3. The number of rotatable bonds is 6. The molecule has 5 nitrogen and oxygen atoms in total. The summed E-state index contributed by atoms with van der Waals surface area (Å²) in [5, 5.41) is 7.64. The largest absolute Gasteiger partial charge is 0.311 e. The van der Waals surface area contributed by atoms with Crippen LogP contribution in [0.3, 0.4) is 0 Å². The molecule has 0 saturated heterocycles. The zero-order chi connectivity index (χ0) is 19.7. The summed E-state index contributed by atoms with van der Waals surface area (Å²) in [5.41, 5.74) is 3.50. The Morgan fingerprint density at radius 3 is 2.68 bits per heavy atom. The summed E-state index contributed by atoms with van der Waals surface area (Å²) in [4.78, 5) is 16.0. The van der Waals surface area contributed by atoms with Gasteiger partial charge in [-0.15, -0.1) is 0 Å². The van der Waals surface area contributed by atoms with E-state index >= 15 is 0 Å². The predicted octanol–water partition coefficient (Wildman–Crippen LogP) is 5.07. The van der Waals surface area contributed by atoms with Gasteiger partial charge in [0.1, 0.15) is 17.3 Å². The lowest BCUT2D eigenvalue weighted by atomic mass is 10.0. The Bertz CT molecular complexity index is 992. The molecular formula is C22H23FN4O. The van der Waals surface area contributed by atoms with E-state index in [4.69, 9.17) is 5.10 Å². The van der Waals surface area contributed by atoms with Crippen LogP contribution in [0.1, 0.15) is 39.2 Å². The highest BCUT2D eigenvalue weighted by Gasteiger charge is 2.30. The lowest BCUT2D eigenvalue weighted by molar-refractivity contribution is -0.115. The zero-order valence-corrected chi connectivity index (χ0v) is 16.0. The molecule has 4 rings (SSSR count). The number of amides is 1. The van der Waals surface area contributed by atoms with Crippen LogP contribution < -0.4 is 5.32 Å². The maximum atomic E-state index is 13.4. The molecule has 1 atom stereocenters. The molecule has 1 aliphatic carbocycles. The van der Waals surface area contributed by atoms with Gasteiger partial charge in [0.05, 0.1) is 6.04 Å². The quantitative estimate of drug-likeness (QED) is 0.651. The number of anilines is 1. The number of pyridine rings is 1. The first-order valence-corrected chi connectivity index (χ1v) is 9.66. The number of carbonyl (C=O) groups excluding carboxylic acids is 1. The summed E-state index contributed by atoms with van der Waals surface area (Å²) in [5.74, 6) is 0.814. The Balaban J connectivity index is 1.77. The average molecular weight is 378 g/mol. The van der Waals surface area contributed by atoms with Gasteiger partial charge >= 0.3 is 0 Å². The number of hydrogen-bond acceptors (Lipinski definition) is 3. The smallest absolute Gasteiger partial charge is 0.225 e. The van der Waals surface area contributed by atoms with Crippen LogP contribution in [0.15, 0.2) is 48.8 Å². The maximum Gasteiger partial charge on any atom is 0.225 e. The lowest BCUT2D eigenvalue weighted by Gasteiger charge is -2.09. The van der Waals surface area contributed by atoms with E-state index in [1.54, 1.807) is 25.3 Å². The summed E-state index contributed by atoms with van der Waals surface area (Å²) >= 11 is 0. The molecule has 1 aromatic carbocycles. The van der Waals surface area contributed by atoms with Crippen molar-refractivity contribution in [2.24, 2.45) is 5.92 Å². The molecule has 0 spiro atoms. The van der Waals surface area contributed by atoms with Crippen LogP contribution in [0.5, 0.6) is 0 Å². The van der Waals surface area contributed by atoms with Crippen molar-refractivity contribution in [3.8, 4) is 22.4 Å². The molecular weight excluding hydrogens is 355 g/mol. The van der Waals surface area contributed by atoms with Crippen LogP contribution in [0.4, 0.5) is 10.2 Å². The van der Waals surface area contributed by atoms with Gasteiger partial charge in [-0.05, 0) is 67.6 Å². The molecule has 1 aliphatic rings. The molecule has 28 heavy (non-hydrogen) atoms. The summed E-state index contributed by atoms with van der Waals surface area (Å²) in [6.07, 6.45) is 6.57. The second kappa shape index (κ2) is 7.54. The first-order valence-electron chi connectivity index (χ1n) is 9.66. The SMILES string of the molecule is CCC(=O)Nc1cc(-c2cn(C(C)C3CC3)nc2-c2ccc(F)cc2)ccn1. The molecule has 1 unspecified atom stereocenters. The minimum Gasteiger partial charge on any atom is -0.311 e. The fraction of sp³-hybridized carbons (Fsp3) is 0.318. The van der Waals surface area contributed by atoms with Gasteiger partial charge in [-0.3, -0.25) is 9.48 Å². The number of halogens is 1. The Morgan fingerprint density at radius 2 is 2.00 bits per heavy atom. The van der Waals surface area contributed by atoms with Crippen LogP contribution in [-0.4, -0.2) is 20.7 Å². The van der Waals surface area contributed by atoms with Gasteiger partial charge in [0.25, 0.3) is 0 Å². The molecule has 1 N–H and O–H groups in total. The van der Waals surface area contributed by atoms with Gasteiger partial charge in [-0.1, -0.05) is 6.92 Å². The minimum absolute atomic E-state index is 0.0820. The third kappa shape index (κ3) is 3.81. The predicted molar refractivity (Wildman–Crippen MR) is 107 cm³/mol. The van der Waals surface area contributed by atoms with Crippen molar-refractivity contribution in [1.82, 2.24) is 14.8 Å². The van der Waals surface area contributed by atoms with Crippen molar-refractivity contribution in [2.45, 2.75) is 39.2 Å². The molecule has 1 fully saturated rings. The van der Waals surface area contributed by atoms with E-state index in [2.05, 4.69) is 17.2 Å². The summed E-state index contributed by atoms with van der Waals surface area (Å²) in [7, 11) is 0. The maximum absolute atomic E-state index is 13.4. The number of carbonyl (C=O) groups is 1. The van der Waals surface area contributed by atoms with Gasteiger partial charge in [0, 0.05) is 29.9 Å². The van der Waals surface area contributed by atoms with E-state index in [0.717, 1.165) is 22.4 Å². The summed E-state index contributed by atoms with van der Waals surface area (Å²) in [6, 6.07) is 10.4. The Morgan fingerprint density at radius 1 is 1.25 bits per heavy atom. The number of benzene rings is 1. The van der Waals surface area contributed by atoms with Gasteiger partial charge in [-0.2, -0.15) is 5.10 Å². The molecule has 1 amide bonds. The molecule has 0 radical (unpaired) electrons. The van der Waals surface area contributed by atoms with Gasteiger partial charge in [-0.25, -0.2) is 9.37 Å². The number of nitrogens with zero attached hydrogens (tertiary/aromatic N) is 3. The lowest BCUT2D eigenvalue weighted by Crippen LogP contribution is -2.10. The van der Waals surface area contributed by atoms with Crippen molar-refractivity contribution in [3.63, 3.8) is 0 Å². The number of hydrogen-bond donors (Lipinski definition) is 1. The fourth-order valence-corrected chi connectivity index (χ4v) is 3.32. The molecule has 2 aromatic heterocycles. The summed E-state index contributed by atoms with van der Waals surface area (Å²) in [6.45, 7) is 3.98. The number of nitrogens with one attached hydrogen (secondary N) is 1. The monoisotopic (exact) mass is 378 g/mol. The van der Waals surface area contributed by atoms with E-state index in [1.807, 2.05) is 23.0 Å². The van der Waals surface area contributed by atoms with Crippen LogP contribution >= 0.6 is 0 Å². The van der Waals surface area contributed by atoms with E-state index in [9.17, 15) is 9.18 Å². The highest BCUT2D eigenvalue weighted by molar-refractivity contribution is 5.90. The van der Waals surface area contributed by atoms with E-state index in [0.29, 0.717) is 24.2 Å². The Kier molecular flexibility index (Phi) is 4.94. The van der Waals surface area contributed by atoms with Crippen molar-refractivity contribution in [3.05, 3.63) is 54.6 Å². The highest BCUT2D eigenvalue weighted by atomic mass is 19.1. The van der Waals surface area contributed by atoms with Crippen LogP contribution in [0.2, 0.25) is 0 Å². The standard InChI is InChI=1S/C22H23FN4O/c1-3-21(28)25-20-12-17(10-11-24-20)19-13-27(14(2)15-4-5-15)26-22(19)16-6-8-18(23)9-7-16/h6-15H,3-5H2,1-2H3,(H,24,25,28). The number of aromatic nitrogens is 3. The van der Waals surface area contributed by atoms with Crippen LogP contribution in [0, 0.1) is 11.7 Å². The van der Waals surface area contributed by atoms with Gasteiger partial charge in [0.15, 0.2) is 0 Å². The third-order valence-electron chi connectivity index (χ3n) is 5.23. The van der Waals surface area contributed by atoms with Crippen molar-refractivity contribution < 1.29 is 9.18 Å². The average Bonchev–Trinajstić information content (AvgIpc) is 3.46. The summed E-state index contributed by atoms with van der Waals surface area (Å²) < 4.78 is 15.4. The van der Waals surface area contributed by atoms with Crippen molar-refractivity contribution >= 4 is 11.7 Å². The molecule has 0 aliphatic heterocycles. The molecule has 0 bridgehead atoms. The van der Waals surface area contributed by atoms with Gasteiger partial charge < -0.3 is 5.32 Å². The van der Waals surface area contributed by atoms with Crippen LogP contribution in [-0.2, 0) is 4.79 Å². The second-order valence-electron chi connectivity index (χ2n) is 7.29. The topological polar surface area (TPSA) is 59.8 Å². The zero-order valence-electron chi connectivity index (χ0n) is 16.0. The molecule has 6 heteroatoms. The minimum atomic E-state index is -0.274.